The van der Waals surface area contributed by atoms with Crippen LogP contribution in [-0.4, -0.2) is 20.6 Å². The van der Waals surface area contributed by atoms with Gasteiger partial charge in [0.1, 0.15) is 0 Å². The standard InChI is InChI=1S/C27H32N2O3S/c1-6-25(23-14-10-19(2)11-15-23)28-27(30)24-16-12-22(13-17-24)18-29(33(5,31)32)26-20(3)8-7-9-21(26)4/h7-17,25H,6,18H2,1-5H3,(H,28,30)/t25-/m1/s1. The monoisotopic (exact) mass is 464 g/mol. The maximum Gasteiger partial charge on any atom is 0.251 e. The van der Waals surface area contributed by atoms with Crippen LogP contribution in [0.15, 0.2) is 66.7 Å². The SMILES string of the molecule is CC[C@@H](NC(=O)c1ccc(CN(c2c(C)cccc2C)S(C)(=O)=O)cc1)c1ccc(C)cc1. The normalized spacial score (nSPS) is 12.3. The fraction of sp³-hybridized carbons (Fsp3) is 0.296. The van der Waals surface area contributed by atoms with E-state index in [1.165, 1.54) is 16.1 Å². The molecule has 0 spiro atoms. The molecule has 0 saturated heterocycles. The van der Waals surface area contributed by atoms with Gasteiger partial charge in [-0.15, -0.1) is 0 Å². The van der Waals surface area contributed by atoms with Crippen molar-refractivity contribution in [1.29, 1.82) is 0 Å². The summed E-state index contributed by atoms with van der Waals surface area (Å²) in [5, 5.41) is 3.10. The first-order chi connectivity index (χ1) is 15.6. The van der Waals surface area contributed by atoms with Gasteiger partial charge in [0.25, 0.3) is 5.91 Å². The van der Waals surface area contributed by atoms with Gasteiger partial charge in [0.05, 0.1) is 24.5 Å². The minimum absolute atomic E-state index is 0.0671. The summed E-state index contributed by atoms with van der Waals surface area (Å²) in [6, 6.07) is 21.0. The fourth-order valence-corrected chi connectivity index (χ4v) is 4.95. The Labute approximate surface area is 197 Å². The maximum atomic E-state index is 12.8. The molecule has 3 aromatic rings. The zero-order valence-corrected chi connectivity index (χ0v) is 20.7. The lowest BCUT2D eigenvalue weighted by Crippen LogP contribution is -2.31. The zero-order chi connectivity index (χ0) is 24.2. The molecule has 0 radical (unpaired) electrons. The van der Waals surface area contributed by atoms with Crippen LogP contribution in [0.25, 0.3) is 0 Å². The molecule has 3 rings (SSSR count). The largest absolute Gasteiger partial charge is 0.345 e. The molecule has 0 aliphatic carbocycles. The highest BCUT2D eigenvalue weighted by Gasteiger charge is 2.22. The van der Waals surface area contributed by atoms with Gasteiger partial charge in [0, 0.05) is 5.56 Å². The van der Waals surface area contributed by atoms with Crippen molar-refractivity contribution in [3.63, 3.8) is 0 Å². The van der Waals surface area contributed by atoms with Gasteiger partial charge in [-0.1, -0.05) is 67.1 Å². The molecule has 0 unspecified atom stereocenters. The van der Waals surface area contributed by atoms with E-state index in [2.05, 4.69) is 5.32 Å². The molecule has 5 nitrogen and oxygen atoms in total. The van der Waals surface area contributed by atoms with Gasteiger partial charge >= 0.3 is 0 Å². The van der Waals surface area contributed by atoms with Gasteiger partial charge in [-0.05, 0) is 61.6 Å². The Balaban J connectivity index is 1.78. The average molecular weight is 465 g/mol. The molecular formula is C27H32N2O3S. The molecule has 0 heterocycles. The van der Waals surface area contributed by atoms with Gasteiger partial charge < -0.3 is 5.32 Å². The number of benzene rings is 3. The van der Waals surface area contributed by atoms with Gasteiger partial charge in [-0.25, -0.2) is 8.42 Å². The molecule has 1 amide bonds. The highest BCUT2D eigenvalue weighted by Crippen LogP contribution is 2.28. The van der Waals surface area contributed by atoms with Gasteiger partial charge in [-0.3, -0.25) is 9.10 Å². The summed E-state index contributed by atoms with van der Waals surface area (Å²) in [7, 11) is -3.49. The van der Waals surface area contributed by atoms with E-state index >= 15 is 0 Å². The number of nitrogens with one attached hydrogen (secondary N) is 1. The van der Waals surface area contributed by atoms with Crippen molar-refractivity contribution in [3.05, 3.63) is 100 Å². The lowest BCUT2D eigenvalue weighted by Gasteiger charge is -2.26. The second kappa shape index (κ2) is 10.2. The smallest absolute Gasteiger partial charge is 0.251 e. The number of hydrogen-bond acceptors (Lipinski definition) is 3. The number of hydrogen-bond donors (Lipinski definition) is 1. The number of rotatable bonds is 8. The Bertz CT molecular complexity index is 1200. The van der Waals surface area contributed by atoms with Crippen molar-refractivity contribution in [2.75, 3.05) is 10.6 Å². The number of para-hydroxylation sites is 1. The van der Waals surface area contributed by atoms with E-state index < -0.39 is 10.0 Å². The number of carbonyl (C=O) groups is 1. The van der Waals surface area contributed by atoms with E-state index in [1.807, 2.05) is 82.3 Å². The van der Waals surface area contributed by atoms with Crippen LogP contribution in [0.4, 0.5) is 5.69 Å². The maximum absolute atomic E-state index is 12.8. The second-order valence-corrected chi connectivity index (χ2v) is 10.5. The predicted molar refractivity (Wildman–Crippen MR) is 135 cm³/mol. The van der Waals surface area contributed by atoms with Crippen molar-refractivity contribution in [2.24, 2.45) is 0 Å². The first-order valence-electron chi connectivity index (χ1n) is 11.1. The Kier molecular flexibility index (Phi) is 7.59. The number of carbonyl (C=O) groups excluding carboxylic acids is 1. The van der Waals surface area contributed by atoms with Crippen LogP contribution in [0.3, 0.4) is 0 Å². The molecule has 0 aliphatic heterocycles. The van der Waals surface area contributed by atoms with Crippen LogP contribution in [0.5, 0.6) is 0 Å². The minimum Gasteiger partial charge on any atom is -0.345 e. The van der Waals surface area contributed by atoms with Crippen LogP contribution in [0.1, 0.15) is 57.6 Å². The summed E-state index contributed by atoms with van der Waals surface area (Å²) >= 11 is 0. The molecule has 0 fully saturated rings. The van der Waals surface area contributed by atoms with Crippen LogP contribution in [0, 0.1) is 20.8 Å². The molecule has 1 atom stereocenters. The quantitative estimate of drug-likeness (QED) is 0.481. The lowest BCUT2D eigenvalue weighted by molar-refractivity contribution is 0.0935. The summed E-state index contributed by atoms with van der Waals surface area (Å²) in [6.45, 7) is 8.10. The third-order valence-electron chi connectivity index (χ3n) is 5.82. The summed E-state index contributed by atoms with van der Waals surface area (Å²) < 4.78 is 26.6. The molecule has 0 bridgehead atoms. The third-order valence-corrected chi connectivity index (χ3v) is 6.94. The number of aryl methyl sites for hydroxylation is 3. The fourth-order valence-electron chi connectivity index (χ4n) is 3.95. The molecule has 0 aromatic heterocycles. The zero-order valence-electron chi connectivity index (χ0n) is 19.9. The van der Waals surface area contributed by atoms with Gasteiger partial charge in [0.15, 0.2) is 0 Å². The molecule has 6 heteroatoms. The summed E-state index contributed by atoms with van der Waals surface area (Å²) in [4.78, 5) is 12.8. The number of nitrogens with zero attached hydrogens (tertiary/aromatic N) is 1. The van der Waals surface area contributed by atoms with Crippen LogP contribution in [0.2, 0.25) is 0 Å². The van der Waals surface area contributed by atoms with Crippen LogP contribution >= 0.6 is 0 Å². The van der Waals surface area contributed by atoms with E-state index in [4.69, 9.17) is 0 Å². The van der Waals surface area contributed by atoms with Crippen molar-refractivity contribution in [2.45, 2.75) is 46.7 Å². The van der Waals surface area contributed by atoms with E-state index in [-0.39, 0.29) is 18.5 Å². The van der Waals surface area contributed by atoms with E-state index in [0.29, 0.717) is 11.3 Å². The van der Waals surface area contributed by atoms with E-state index in [0.717, 1.165) is 28.7 Å². The molecule has 33 heavy (non-hydrogen) atoms. The van der Waals surface area contributed by atoms with Gasteiger partial charge in [0.2, 0.25) is 10.0 Å². The highest BCUT2D eigenvalue weighted by molar-refractivity contribution is 7.92. The topological polar surface area (TPSA) is 66.5 Å². The summed E-state index contributed by atoms with van der Waals surface area (Å²) in [5.41, 5.74) is 6.11. The molecule has 0 saturated carbocycles. The summed E-state index contributed by atoms with van der Waals surface area (Å²) in [6.07, 6.45) is 2.00. The van der Waals surface area contributed by atoms with Crippen molar-refractivity contribution in [1.82, 2.24) is 5.32 Å². The number of sulfonamides is 1. The third kappa shape index (κ3) is 6.02. The van der Waals surface area contributed by atoms with E-state index in [1.54, 1.807) is 12.1 Å². The first-order valence-corrected chi connectivity index (χ1v) is 12.9. The molecule has 1 N–H and O–H groups in total. The van der Waals surface area contributed by atoms with Gasteiger partial charge in [-0.2, -0.15) is 0 Å². The van der Waals surface area contributed by atoms with Crippen molar-refractivity contribution < 1.29 is 13.2 Å². The number of anilines is 1. The molecular weight excluding hydrogens is 432 g/mol. The highest BCUT2D eigenvalue weighted by atomic mass is 32.2. The molecule has 3 aromatic carbocycles. The summed E-state index contributed by atoms with van der Waals surface area (Å²) in [5.74, 6) is -0.149. The molecule has 0 aliphatic rings. The second-order valence-electron chi connectivity index (χ2n) is 8.55. The van der Waals surface area contributed by atoms with Crippen molar-refractivity contribution in [3.8, 4) is 0 Å². The van der Waals surface area contributed by atoms with E-state index in [9.17, 15) is 13.2 Å². The Morgan fingerprint density at radius 3 is 2.00 bits per heavy atom. The molecule has 174 valence electrons. The predicted octanol–water partition coefficient (Wildman–Crippen LogP) is 5.46. The Morgan fingerprint density at radius 2 is 1.48 bits per heavy atom. The van der Waals surface area contributed by atoms with Crippen molar-refractivity contribution >= 4 is 21.6 Å². The first kappa shape index (κ1) is 24.5. The Hall–Kier alpha value is -3.12. The lowest BCUT2D eigenvalue weighted by atomic mass is 10.0. The minimum atomic E-state index is -3.49. The van der Waals surface area contributed by atoms with Crippen LogP contribution < -0.4 is 9.62 Å². The Morgan fingerprint density at radius 1 is 0.909 bits per heavy atom. The van der Waals surface area contributed by atoms with Crippen LogP contribution in [-0.2, 0) is 16.6 Å². The number of amides is 1. The average Bonchev–Trinajstić information content (AvgIpc) is 2.77.